The Morgan fingerprint density at radius 2 is 1.67 bits per heavy atom. The number of anilines is 2. The number of rotatable bonds is 5. The average molecular weight is 435 g/mol. The van der Waals surface area contributed by atoms with E-state index < -0.39 is 10.0 Å². The maximum absolute atomic E-state index is 13.5. The van der Waals surface area contributed by atoms with E-state index in [1.807, 2.05) is 4.90 Å². The smallest absolute Gasteiger partial charge is 0.246 e. The van der Waals surface area contributed by atoms with Gasteiger partial charge in [-0.2, -0.15) is 4.31 Å². The van der Waals surface area contributed by atoms with Crippen molar-refractivity contribution in [3.8, 4) is 5.75 Å². The monoisotopic (exact) mass is 434 g/mol. The summed E-state index contributed by atoms with van der Waals surface area (Å²) in [5.74, 6) is 0.665. The number of piperidine rings is 1. The van der Waals surface area contributed by atoms with E-state index in [9.17, 15) is 12.8 Å². The molecule has 2 aliphatic heterocycles. The molecule has 30 heavy (non-hydrogen) atoms. The molecule has 0 amide bonds. The first kappa shape index (κ1) is 20.9. The largest absolute Gasteiger partial charge is 0.494 e. The van der Waals surface area contributed by atoms with Crippen molar-refractivity contribution in [2.24, 2.45) is 0 Å². The Labute approximate surface area is 177 Å². The molecule has 7 nitrogen and oxygen atoms in total. The molecule has 2 saturated heterocycles. The fourth-order valence-corrected chi connectivity index (χ4v) is 5.82. The van der Waals surface area contributed by atoms with Crippen LogP contribution in [0.2, 0.25) is 0 Å². The summed E-state index contributed by atoms with van der Waals surface area (Å²) in [5, 5.41) is 0. The van der Waals surface area contributed by atoms with Crippen LogP contribution in [0.25, 0.3) is 0 Å². The van der Waals surface area contributed by atoms with Crippen molar-refractivity contribution in [1.82, 2.24) is 9.29 Å². The Morgan fingerprint density at radius 3 is 2.37 bits per heavy atom. The molecule has 2 fully saturated rings. The number of hydrogen-bond donors (Lipinski definition) is 0. The van der Waals surface area contributed by atoms with Crippen molar-refractivity contribution in [2.75, 3.05) is 56.2 Å². The molecular weight excluding hydrogens is 407 g/mol. The van der Waals surface area contributed by atoms with Gasteiger partial charge in [0.1, 0.15) is 22.3 Å². The summed E-state index contributed by atoms with van der Waals surface area (Å²) in [6.07, 6.45) is 4.50. The van der Waals surface area contributed by atoms with Crippen LogP contribution in [0.15, 0.2) is 41.4 Å². The molecule has 2 aliphatic rings. The van der Waals surface area contributed by atoms with Crippen molar-refractivity contribution in [1.29, 1.82) is 0 Å². The van der Waals surface area contributed by atoms with Gasteiger partial charge in [0.05, 0.1) is 12.8 Å². The lowest BCUT2D eigenvalue weighted by Crippen LogP contribution is -2.47. The summed E-state index contributed by atoms with van der Waals surface area (Å²) in [7, 11) is -2.04. The molecule has 3 heterocycles. The Kier molecular flexibility index (Phi) is 6.10. The SMILES string of the molecule is COc1cc(F)ccc1N1CCN(c2ncccc2S(=O)(=O)N2CCCCC2)CC1. The van der Waals surface area contributed by atoms with Crippen LogP contribution < -0.4 is 14.5 Å². The van der Waals surface area contributed by atoms with E-state index in [0.29, 0.717) is 50.8 Å². The zero-order valence-electron chi connectivity index (χ0n) is 17.1. The molecule has 0 bridgehead atoms. The van der Waals surface area contributed by atoms with Crippen molar-refractivity contribution in [3.63, 3.8) is 0 Å². The number of nitrogens with zero attached hydrogens (tertiary/aromatic N) is 4. The first-order valence-corrected chi connectivity index (χ1v) is 11.7. The summed E-state index contributed by atoms with van der Waals surface area (Å²) in [4.78, 5) is 8.85. The van der Waals surface area contributed by atoms with Crippen LogP contribution in [0.3, 0.4) is 0 Å². The minimum atomic E-state index is -3.57. The van der Waals surface area contributed by atoms with Crippen molar-refractivity contribution in [2.45, 2.75) is 24.2 Å². The van der Waals surface area contributed by atoms with Gasteiger partial charge in [0.2, 0.25) is 10.0 Å². The van der Waals surface area contributed by atoms with Gasteiger partial charge >= 0.3 is 0 Å². The van der Waals surface area contributed by atoms with Gasteiger partial charge < -0.3 is 14.5 Å². The van der Waals surface area contributed by atoms with Crippen LogP contribution in [-0.4, -0.2) is 64.1 Å². The highest BCUT2D eigenvalue weighted by Crippen LogP contribution is 2.32. The van der Waals surface area contributed by atoms with E-state index in [1.165, 1.54) is 19.2 Å². The highest BCUT2D eigenvalue weighted by Gasteiger charge is 2.31. The van der Waals surface area contributed by atoms with Crippen LogP contribution in [0.5, 0.6) is 5.75 Å². The van der Waals surface area contributed by atoms with E-state index in [-0.39, 0.29) is 10.7 Å². The third-order valence-corrected chi connectivity index (χ3v) is 7.66. The molecule has 1 aromatic carbocycles. The lowest BCUT2D eigenvalue weighted by atomic mass is 10.2. The Hall–Kier alpha value is -2.39. The number of ether oxygens (including phenoxy) is 1. The second-order valence-electron chi connectivity index (χ2n) is 7.58. The Bertz CT molecular complexity index is 987. The summed E-state index contributed by atoms with van der Waals surface area (Å²) in [6.45, 7) is 3.66. The van der Waals surface area contributed by atoms with Gasteiger partial charge in [0.25, 0.3) is 0 Å². The number of pyridine rings is 1. The van der Waals surface area contributed by atoms with E-state index in [4.69, 9.17) is 4.74 Å². The van der Waals surface area contributed by atoms with E-state index in [0.717, 1.165) is 24.9 Å². The number of piperazine rings is 1. The number of sulfonamides is 1. The van der Waals surface area contributed by atoms with Crippen LogP contribution in [-0.2, 0) is 10.0 Å². The zero-order chi connectivity index (χ0) is 21.1. The fraction of sp³-hybridized carbons (Fsp3) is 0.476. The molecule has 9 heteroatoms. The molecule has 0 radical (unpaired) electrons. The Balaban J connectivity index is 1.53. The van der Waals surface area contributed by atoms with Gasteiger partial charge in [-0.15, -0.1) is 0 Å². The van der Waals surface area contributed by atoms with Gasteiger partial charge in [-0.3, -0.25) is 0 Å². The number of aromatic nitrogens is 1. The number of hydrogen-bond acceptors (Lipinski definition) is 6. The zero-order valence-corrected chi connectivity index (χ0v) is 17.9. The molecule has 0 N–H and O–H groups in total. The predicted molar refractivity (Wildman–Crippen MR) is 114 cm³/mol. The average Bonchev–Trinajstić information content (AvgIpc) is 2.79. The summed E-state index contributed by atoms with van der Waals surface area (Å²) in [6, 6.07) is 7.86. The molecule has 0 aliphatic carbocycles. The summed E-state index contributed by atoms with van der Waals surface area (Å²) >= 11 is 0. The number of benzene rings is 1. The topological polar surface area (TPSA) is 66.0 Å². The lowest BCUT2D eigenvalue weighted by Gasteiger charge is -2.38. The van der Waals surface area contributed by atoms with Crippen LogP contribution in [0, 0.1) is 5.82 Å². The van der Waals surface area contributed by atoms with Crippen molar-refractivity contribution < 1.29 is 17.5 Å². The molecule has 0 unspecified atom stereocenters. The van der Waals surface area contributed by atoms with Crippen molar-refractivity contribution >= 4 is 21.5 Å². The van der Waals surface area contributed by atoms with Gasteiger partial charge in [0.15, 0.2) is 0 Å². The summed E-state index contributed by atoms with van der Waals surface area (Å²) in [5.41, 5.74) is 0.834. The minimum absolute atomic E-state index is 0.278. The molecule has 0 saturated carbocycles. The van der Waals surface area contributed by atoms with Crippen LogP contribution in [0.4, 0.5) is 15.9 Å². The second-order valence-corrected chi connectivity index (χ2v) is 9.49. The van der Waals surface area contributed by atoms with E-state index in [1.54, 1.807) is 28.7 Å². The molecule has 2 aromatic rings. The maximum atomic E-state index is 13.5. The summed E-state index contributed by atoms with van der Waals surface area (Å²) < 4.78 is 46.9. The standard InChI is InChI=1S/C21H27FN4O3S/c1-29-19-16-17(22)7-8-18(19)24-12-14-25(15-13-24)21-20(6-5-9-23-21)30(27,28)26-10-3-2-4-11-26/h5-9,16H,2-4,10-15H2,1H3. The van der Waals surface area contributed by atoms with Gasteiger partial charge in [-0.25, -0.2) is 17.8 Å². The van der Waals surface area contributed by atoms with E-state index >= 15 is 0 Å². The first-order valence-electron chi connectivity index (χ1n) is 10.3. The van der Waals surface area contributed by atoms with Crippen LogP contribution >= 0.6 is 0 Å². The normalized spacial score (nSPS) is 18.5. The minimum Gasteiger partial charge on any atom is -0.494 e. The van der Waals surface area contributed by atoms with Gasteiger partial charge in [-0.05, 0) is 37.1 Å². The fourth-order valence-electron chi connectivity index (χ4n) is 4.14. The lowest BCUT2D eigenvalue weighted by molar-refractivity contribution is 0.346. The highest BCUT2D eigenvalue weighted by molar-refractivity contribution is 7.89. The van der Waals surface area contributed by atoms with E-state index in [2.05, 4.69) is 9.88 Å². The van der Waals surface area contributed by atoms with Crippen LogP contribution in [0.1, 0.15) is 19.3 Å². The molecule has 1 aromatic heterocycles. The van der Waals surface area contributed by atoms with Gasteiger partial charge in [-0.1, -0.05) is 6.42 Å². The molecule has 162 valence electrons. The third-order valence-electron chi connectivity index (χ3n) is 5.75. The Morgan fingerprint density at radius 1 is 0.967 bits per heavy atom. The molecule has 0 spiro atoms. The maximum Gasteiger partial charge on any atom is 0.246 e. The van der Waals surface area contributed by atoms with Gasteiger partial charge in [0, 0.05) is 51.5 Å². The van der Waals surface area contributed by atoms with Crippen molar-refractivity contribution in [3.05, 3.63) is 42.3 Å². The number of methoxy groups -OCH3 is 1. The predicted octanol–water partition coefficient (Wildman–Crippen LogP) is 2.73. The molecule has 0 atom stereocenters. The first-order chi connectivity index (χ1) is 14.5. The quantitative estimate of drug-likeness (QED) is 0.721. The third kappa shape index (κ3) is 4.09. The highest BCUT2D eigenvalue weighted by atomic mass is 32.2. The second kappa shape index (κ2) is 8.77. The molecule has 4 rings (SSSR count). The molecular formula is C21H27FN4O3S. The number of halogens is 1.